The molecule has 7 aromatic rings. The summed E-state index contributed by atoms with van der Waals surface area (Å²) in [6.07, 6.45) is 0. The van der Waals surface area contributed by atoms with Gasteiger partial charge in [-0.05, 0) is 68.7 Å². The number of fused-ring (bicyclic) bond motifs is 9. The van der Waals surface area contributed by atoms with Gasteiger partial charge >= 0.3 is 0 Å². The molecule has 1 heterocycles. The molecule has 0 saturated carbocycles. The van der Waals surface area contributed by atoms with E-state index in [1.54, 1.807) is 11.8 Å². The molecule has 0 bridgehead atoms. The van der Waals surface area contributed by atoms with Crippen LogP contribution in [0.15, 0.2) is 123 Å². The average Bonchev–Trinajstić information content (AvgIpc) is 3.22. The second-order valence-electron chi connectivity index (χ2n) is 8.16. The van der Waals surface area contributed by atoms with Gasteiger partial charge in [-0.25, -0.2) is 0 Å². The molecular weight excluding hydrogens is 408 g/mol. The van der Waals surface area contributed by atoms with E-state index in [2.05, 4.69) is 97.1 Å². The van der Waals surface area contributed by atoms with Crippen molar-refractivity contribution < 1.29 is 4.42 Å². The molecule has 1 nitrogen and oxygen atoms in total. The van der Waals surface area contributed by atoms with Gasteiger partial charge in [0.15, 0.2) is 0 Å². The van der Waals surface area contributed by atoms with Crippen LogP contribution in [0.1, 0.15) is 0 Å². The quantitative estimate of drug-likeness (QED) is 0.256. The van der Waals surface area contributed by atoms with Crippen molar-refractivity contribution in [2.24, 2.45) is 0 Å². The molecule has 7 rings (SSSR count). The summed E-state index contributed by atoms with van der Waals surface area (Å²) in [7, 11) is 0. The van der Waals surface area contributed by atoms with Crippen LogP contribution >= 0.6 is 11.8 Å². The molecule has 0 amide bonds. The van der Waals surface area contributed by atoms with Crippen LogP contribution in [0.3, 0.4) is 0 Å². The molecular formula is C30H18OS. The number of benzene rings is 6. The molecule has 0 saturated heterocycles. The summed E-state index contributed by atoms with van der Waals surface area (Å²) in [5.74, 6) is 0. The van der Waals surface area contributed by atoms with E-state index in [4.69, 9.17) is 4.42 Å². The predicted octanol–water partition coefficient (Wildman–Crippen LogP) is 9.20. The van der Waals surface area contributed by atoms with Gasteiger partial charge in [-0.2, -0.15) is 0 Å². The highest BCUT2D eigenvalue weighted by Gasteiger charge is 2.11. The lowest BCUT2D eigenvalue weighted by molar-refractivity contribution is 0.668. The fraction of sp³-hybridized carbons (Fsp3) is 0. The molecule has 32 heavy (non-hydrogen) atoms. The van der Waals surface area contributed by atoms with Gasteiger partial charge in [0, 0.05) is 20.6 Å². The molecule has 0 aliphatic rings. The van der Waals surface area contributed by atoms with E-state index in [-0.39, 0.29) is 0 Å². The first-order chi connectivity index (χ1) is 15.8. The van der Waals surface area contributed by atoms with Gasteiger partial charge in [-0.3, -0.25) is 0 Å². The average molecular weight is 427 g/mol. The van der Waals surface area contributed by atoms with Crippen molar-refractivity contribution in [3.63, 3.8) is 0 Å². The van der Waals surface area contributed by atoms with E-state index in [0.717, 1.165) is 11.2 Å². The topological polar surface area (TPSA) is 13.1 Å². The fourth-order valence-corrected chi connectivity index (χ4v) is 5.75. The number of hydrogen-bond donors (Lipinski definition) is 0. The van der Waals surface area contributed by atoms with Crippen molar-refractivity contribution in [1.82, 2.24) is 0 Å². The molecule has 0 N–H and O–H groups in total. The minimum absolute atomic E-state index is 0.937. The summed E-state index contributed by atoms with van der Waals surface area (Å²) in [5, 5.41) is 10.2. The molecule has 0 fully saturated rings. The van der Waals surface area contributed by atoms with Gasteiger partial charge in [0.1, 0.15) is 11.2 Å². The van der Waals surface area contributed by atoms with E-state index >= 15 is 0 Å². The standard InChI is InChI=1S/C30H18OS/c1-2-9-23-21(7-1)22-8-3-4-10-24(22)27-17-19(13-15-25(23)27)32-20-14-16-30-28(18-20)26-11-5-6-12-29(26)31-30/h1-18H. The summed E-state index contributed by atoms with van der Waals surface area (Å²) in [4.78, 5) is 2.46. The van der Waals surface area contributed by atoms with Crippen LogP contribution in [-0.4, -0.2) is 0 Å². The van der Waals surface area contributed by atoms with Gasteiger partial charge in [0.25, 0.3) is 0 Å². The second kappa shape index (κ2) is 6.88. The lowest BCUT2D eigenvalue weighted by atomic mass is 9.94. The molecule has 0 radical (unpaired) electrons. The highest BCUT2D eigenvalue weighted by Crippen LogP contribution is 2.39. The Hall–Kier alpha value is -3.75. The fourth-order valence-electron chi connectivity index (χ4n) is 4.86. The number of para-hydroxylation sites is 1. The monoisotopic (exact) mass is 426 g/mol. The smallest absolute Gasteiger partial charge is 0.135 e. The zero-order valence-corrected chi connectivity index (χ0v) is 18.0. The van der Waals surface area contributed by atoms with Gasteiger partial charge in [0.05, 0.1) is 0 Å². The Kier molecular flexibility index (Phi) is 3.84. The highest BCUT2D eigenvalue weighted by atomic mass is 32.2. The van der Waals surface area contributed by atoms with E-state index < -0.39 is 0 Å². The molecule has 150 valence electrons. The van der Waals surface area contributed by atoms with Crippen LogP contribution < -0.4 is 0 Å². The molecule has 0 aliphatic carbocycles. The summed E-state index contributed by atoms with van der Waals surface area (Å²) < 4.78 is 6.00. The first kappa shape index (κ1) is 17.9. The first-order valence-corrected chi connectivity index (χ1v) is 11.6. The van der Waals surface area contributed by atoms with Crippen LogP contribution in [0.25, 0.3) is 54.3 Å². The largest absolute Gasteiger partial charge is 0.456 e. The highest BCUT2D eigenvalue weighted by molar-refractivity contribution is 7.99. The Balaban J connectivity index is 1.41. The van der Waals surface area contributed by atoms with Crippen LogP contribution in [0, 0.1) is 0 Å². The third-order valence-corrected chi connectivity index (χ3v) is 7.28. The predicted molar refractivity (Wildman–Crippen MR) is 137 cm³/mol. The Labute approximate surface area is 189 Å². The van der Waals surface area contributed by atoms with E-state index in [0.29, 0.717) is 0 Å². The summed E-state index contributed by atoms with van der Waals surface area (Å²) in [5.41, 5.74) is 1.88. The van der Waals surface area contributed by atoms with E-state index in [1.807, 2.05) is 12.1 Å². The van der Waals surface area contributed by atoms with Crippen molar-refractivity contribution >= 4 is 66.0 Å². The zero-order valence-electron chi connectivity index (χ0n) is 17.2. The van der Waals surface area contributed by atoms with Gasteiger partial charge in [-0.1, -0.05) is 84.6 Å². The van der Waals surface area contributed by atoms with Crippen molar-refractivity contribution in [2.75, 3.05) is 0 Å². The number of furan rings is 1. The van der Waals surface area contributed by atoms with Crippen molar-refractivity contribution in [3.8, 4) is 0 Å². The van der Waals surface area contributed by atoms with Crippen molar-refractivity contribution in [1.29, 1.82) is 0 Å². The molecule has 2 heteroatoms. The van der Waals surface area contributed by atoms with Gasteiger partial charge in [-0.15, -0.1) is 0 Å². The Morgan fingerprint density at radius 2 is 0.844 bits per heavy atom. The maximum atomic E-state index is 6.00. The Morgan fingerprint density at radius 3 is 1.53 bits per heavy atom. The zero-order chi connectivity index (χ0) is 21.1. The Bertz CT molecular complexity index is 1770. The normalized spacial score (nSPS) is 11.9. The van der Waals surface area contributed by atoms with Crippen LogP contribution in [0.5, 0.6) is 0 Å². The third-order valence-electron chi connectivity index (χ3n) is 6.30. The molecule has 0 spiro atoms. The van der Waals surface area contributed by atoms with Gasteiger partial charge < -0.3 is 4.42 Å². The SMILES string of the molecule is c1ccc2c(c1)oc1ccc(Sc3ccc4c5ccccc5c5ccccc5c4c3)cc12. The van der Waals surface area contributed by atoms with Gasteiger partial charge in [0.2, 0.25) is 0 Å². The summed E-state index contributed by atoms with van der Waals surface area (Å²) >= 11 is 1.80. The lowest BCUT2D eigenvalue weighted by Gasteiger charge is -2.11. The number of rotatable bonds is 2. The lowest BCUT2D eigenvalue weighted by Crippen LogP contribution is -1.84. The number of hydrogen-bond acceptors (Lipinski definition) is 2. The van der Waals surface area contributed by atoms with Crippen LogP contribution in [-0.2, 0) is 0 Å². The van der Waals surface area contributed by atoms with E-state index in [9.17, 15) is 0 Å². The third kappa shape index (κ3) is 2.66. The second-order valence-corrected chi connectivity index (χ2v) is 9.30. The molecule has 1 aromatic heterocycles. The Morgan fingerprint density at radius 1 is 0.375 bits per heavy atom. The summed E-state index contributed by atoms with van der Waals surface area (Å²) in [6.45, 7) is 0. The van der Waals surface area contributed by atoms with Crippen molar-refractivity contribution in [2.45, 2.75) is 9.79 Å². The van der Waals surface area contributed by atoms with E-state index in [1.165, 1.54) is 52.9 Å². The maximum absolute atomic E-state index is 6.00. The summed E-state index contributed by atoms with van der Waals surface area (Å²) in [6, 6.07) is 39.0. The van der Waals surface area contributed by atoms with Crippen molar-refractivity contribution in [3.05, 3.63) is 109 Å². The maximum Gasteiger partial charge on any atom is 0.135 e. The first-order valence-electron chi connectivity index (χ1n) is 10.8. The molecule has 0 unspecified atom stereocenters. The van der Waals surface area contributed by atoms with Crippen LogP contribution in [0.2, 0.25) is 0 Å². The van der Waals surface area contributed by atoms with Crippen LogP contribution in [0.4, 0.5) is 0 Å². The molecule has 0 atom stereocenters. The molecule has 0 aliphatic heterocycles. The minimum Gasteiger partial charge on any atom is -0.456 e. The molecule has 6 aromatic carbocycles. The minimum atomic E-state index is 0.937.